The van der Waals surface area contributed by atoms with Gasteiger partial charge in [0, 0.05) is 32.1 Å². The molecule has 4 heterocycles. The Kier molecular flexibility index (Phi) is 15.0. The van der Waals surface area contributed by atoms with Crippen LogP contribution in [0, 0.1) is 49.4 Å². The van der Waals surface area contributed by atoms with Crippen LogP contribution >= 0.6 is 0 Å². The molecule has 0 aromatic rings. The summed E-state index contributed by atoms with van der Waals surface area (Å²) in [7, 11) is 0. The van der Waals surface area contributed by atoms with Crippen molar-refractivity contribution in [3.05, 3.63) is 0 Å². The maximum Gasteiger partial charge on any atom is 0.355 e. The van der Waals surface area contributed by atoms with Crippen molar-refractivity contribution in [2.24, 2.45) is 63.8 Å². The van der Waals surface area contributed by atoms with E-state index in [-0.39, 0.29) is 12.8 Å². The minimum Gasteiger partial charge on any atom is -0.480 e. The quantitative estimate of drug-likeness (QED) is 0.0955. The second-order valence-electron chi connectivity index (χ2n) is 11.3. The maximum absolute atomic E-state index is 12.9. The number of halogens is 2. The van der Waals surface area contributed by atoms with Gasteiger partial charge in [-0.25, -0.2) is 0 Å². The zero-order chi connectivity index (χ0) is 39.3. The van der Waals surface area contributed by atoms with Gasteiger partial charge in [-0.15, -0.1) is 47.8 Å². The highest BCUT2D eigenvalue weighted by molar-refractivity contribution is 5.74. The number of carbonyl (C=O) groups is 4. The lowest BCUT2D eigenvalue weighted by molar-refractivity contribution is -0.140. The fraction of sp³-hybridized carbons (Fsp3) is 0.586. The van der Waals surface area contributed by atoms with Gasteiger partial charge >= 0.3 is 29.8 Å². The van der Waals surface area contributed by atoms with Gasteiger partial charge in [0.15, 0.2) is 5.66 Å². The summed E-state index contributed by atoms with van der Waals surface area (Å²) in [5, 5.41) is 62.2. The van der Waals surface area contributed by atoms with Crippen molar-refractivity contribution in [1.82, 2.24) is 0 Å². The predicted octanol–water partition coefficient (Wildman–Crippen LogP) is 0.531. The van der Waals surface area contributed by atoms with Crippen LogP contribution in [0.1, 0.15) is 51.4 Å². The molecule has 0 saturated heterocycles. The minimum absolute atomic E-state index is 0.0822. The van der Waals surface area contributed by atoms with Crippen molar-refractivity contribution in [1.29, 1.82) is 0 Å². The molecular formula is C29H36F2N12O8. The van der Waals surface area contributed by atoms with Gasteiger partial charge in [-0.1, -0.05) is 0 Å². The third-order valence-electron chi connectivity index (χ3n) is 7.10. The molecule has 0 aromatic heterocycles. The van der Waals surface area contributed by atoms with Crippen LogP contribution in [0.3, 0.4) is 0 Å². The lowest BCUT2D eigenvalue weighted by Crippen LogP contribution is -2.43. The van der Waals surface area contributed by atoms with E-state index in [4.69, 9.17) is 62.6 Å². The molecule has 0 aromatic carbocycles. The molecule has 12 N–H and O–H groups in total. The van der Waals surface area contributed by atoms with Crippen molar-refractivity contribution < 1.29 is 48.4 Å². The molecule has 0 bridgehead atoms. The van der Waals surface area contributed by atoms with Gasteiger partial charge in [-0.05, 0) is 24.7 Å². The number of rotatable bonds is 17. The Balaban J connectivity index is 0.000000342. The number of nitrogens with zero attached hydrogens (tertiary/aromatic N) is 8. The molecule has 4 rings (SSSR count). The molecule has 0 unspecified atom stereocenters. The fourth-order valence-electron chi connectivity index (χ4n) is 3.63. The van der Waals surface area contributed by atoms with E-state index < -0.39 is 83.0 Å². The van der Waals surface area contributed by atoms with E-state index in [0.717, 1.165) is 0 Å². The van der Waals surface area contributed by atoms with E-state index >= 15 is 0 Å². The third kappa shape index (κ3) is 13.9. The van der Waals surface area contributed by atoms with Crippen LogP contribution in [0.15, 0.2) is 40.9 Å². The molecule has 274 valence electrons. The Morgan fingerprint density at radius 3 is 1.41 bits per heavy atom. The van der Waals surface area contributed by atoms with Crippen molar-refractivity contribution in [2.75, 3.05) is 0 Å². The molecule has 4 atom stereocenters. The van der Waals surface area contributed by atoms with Gasteiger partial charge in [0.05, 0.1) is 6.42 Å². The molecule has 0 saturated carbocycles. The molecule has 0 radical (unpaired) electrons. The zero-order valence-electron chi connectivity index (χ0n) is 26.8. The highest BCUT2D eigenvalue weighted by Gasteiger charge is 2.62. The summed E-state index contributed by atoms with van der Waals surface area (Å²) in [5.41, 5.74) is 16.8. The van der Waals surface area contributed by atoms with Gasteiger partial charge in [0.1, 0.15) is 24.2 Å². The summed E-state index contributed by atoms with van der Waals surface area (Å²) in [5.74, 6) is 0.262. The van der Waals surface area contributed by atoms with Crippen molar-refractivity contribution >= 4 is 23.9 Å². The molecule has 20 nitrogen and oxygen atoms in total. The van der Waals surface area contributed by atoms with E-state index in [1.165, 1.54) is 5.92 Å². The second-order valence-corrected chi connectivity index (χ2v) is 11.3. The largest absolute Gasteiger partial charge is 0.480 e. The molecule has 4 aliphatic heterocycles. The summed E-state index contributed by atoms with van der Waals surface area (Å²) < 4.78 is 25.9. The Hall–Kier alpha value is -5.78. The van der Waals surface area contributed by atoms with Crippen LogP contribution in [0.25, 0.3) is 0 Å². The topological polar surface area (TPSA) is 352 Å². The first-order valence-electron chi connectivity index (χ1n) is 14.5. The van der Waals surface area contributed by atoms with E-state index in [9.17, 15) is 28.0 Å². The van der Waals surface area contributed by atoms with Crippen LogP contribution in [0.4, 0.5) is 8.78 Å². The number of carboxylic acid groups (broad SMARTS) is 4. The Morgan fingerprint density at radius 1 is 0.627 bits per heavy atom. The summed E-state index contributed by atoms with van der Waals surface area (Å²) in [4.78, 5) is 41.3. The van der Waals surface area contributed by atoms with Crippen molar-refractivity contribution in [2.45, 2.75) is 104 Å². The first kappa shape index (κ1) is 43.2. The number of hydrogen-bond acceptors (Lipinski definition) is 16. The van der Waals surface area contributed by atoms with Crippen molar-refractivity contribution in [3.63, 3.8) is 0 Å². The highest BCUT2D eigenvalue weighted by atomic mass is 19.3. The van der Waals surface area contributed by atoms with E-state index in [2.05, 4.69) is 65.1 Å². The summed E-state index contributed by atoms with van der Waals surface area (Å²) in [6, 6.07) is -4.21. The number of nitrogens with two attached hydrogens (primary N) is 4. The number of carboxylic acids is 4. The number of aliphatic carboxylic acids is 4. The van der Waals surface area contributed by atoms with Gasteiger partial charge < -0.3 is 43.4 Å². The maximum atomic E-state index is 12.9. The predicted molar refractivity (Wildman–Crippen MR) is 170 cm³/mol. The molecule has 0 fully saturated rings. The number of hydrogen-bond donors (Lipinski definition) is 8. The number of terminal acetylenes is 4. The molecule has 0 spiro atoms. The summed E-state index contributed by atoms with van der Waals surface area (Å²) in [6.07, 6.45) is 22.0. The Bertz CT molecular complexity index is 1600. The van der Waals surface area contributed by atoms with Gasteiger partial charge in [0.2, 0.25) is 5.66 Å². The lowest BCUT2D eigenvalue weighted by Gasteiger charge is -2.18. The van der Waals surface area contributed by atoms with E-state index in [1.807, 2.05) is 0 Å². The standard InChI is InChI=1S/C9H13N3O2.C7H7F2N3O2.C7H9N3O2.C6H7N3O2/c1-2-3-5-9(11-12-9)6-4-7(10)8(13)14;1-2-6(8,9)7(11-12-7)3-4(10)5(13)14;1-2-3-7(9-10-7)4-5(8)6(11)12;1-2-6(8-9-6)3-4(7)5(10)11/h1,7H,3-6,10H2,(H,13,14);1,4H,3,10H2,(H,13,14);1,5H,3-4,8H2,(H,11,12);1,4H,3,7H2,(H,10,11)/t7-;4-;5-;4-/m0000/s1. The smallest absolute Gasteiger partial charge is 0.355 e. The highest BCUT2D eigenvalue weighted by Crippen LogP contribution is 2.46. The van der Waals surface area contributed by atoms with Gasteiger partial charge in [-0.2, -0.15) is 39.5 Å². The third-order valence-corrected chi connectivity index (χ3v) is 7.10. The normalized spacial score (nSPS) is 19.6. The first-order chi connectivity index (χ1) is 23.6. The lowest BCUT2D eigenvalue weighted by atomic mass is 9.98. The molecule has 22 heteroatoms. The molecule has 0 amide bonds. The van der Waals surface area contributed by atoms with Crippen LogP contribution in [-0.4, -0.2) is 97.0 Å². The van der Waals surface area contributed by atoms with Gasteiger partial charge in [0.25, 0.3) is 11.3 Å². The molecular weight excluding hydrogens is 682 g/mol. The van der Waals surface area contributed by atoms with Crippen LogP contribution in [0.5, 0.6) is 0 Å². The van der Waals surface area contributed by atoms with Crippen LogP contribution < -0.4 is 22.9 Å². The van der Waals surface area contributed by atoms with Crippen molar-refractivity contribution in [3.8, 4) is 49.4 Å². The average Bonchev–Trinajstić information content (AvgIpc) is 3.86. The fourth-order valence-corrected chi connectivity index (χ4v) is 3.63. The average molecular weight is 719 g/mol. The monoisotopic (exact) mass is 718 g/mol. The Morgan fingerprint density at radius 2 is 1.08 bits per heavy atom. The summed E-state index contributed by atoms with van der Waals surface area (Å²) >= 11 is 0. The summed E-state index contributed by atoms with van der Waals surface area (Å²) in [6.45, 7) is 0. The number of alkyl halides is 2. The van der Waals surface area contributed by atoms with E-state index in [1.54, 1.807) is 0 Å². The Labute approximate surface area is 289 Å². The molecule has 4 aliphatic rings. The van der Waals surface area contributed by atoms with Gasteiger partial charge in [-0.3, -0.25) is 19.2 Å². The van der Waals surface area contributed by atoms with Crippen LogP contribution in [0.2, 0.25) is 0 Å². The molecule has 0 aliphatic carbocycles. The second kappa shape index (κ2) is 17.7. The molecule has 51 heavy (non-hydrogen) atoms. The first-order valence-corrected chi connectivity index (χ1v) is 14.5. The van der Waals surface area contributed by atoms with E-state index in [0.29, 0.717) is 32.1 Å². The SMILES string of the molecule is C#CC(F)(F)C1(C[C@H](N)C(=O)O)N=N1.C#CC1(C[C@H](N)C(=O)O)N=N1.C#CCC1(C[C@H](N)C(=O)O)N=N1.C#CCCC1(CC[C@H](N)C(=O)O)N=N1. The zero-order valence-corrected chi connectivity index (χ0v) is 26.8. The van der Waals surface area contributed by atoms with Crippen LogP contribution in [-0.2, 0) is 19.2 Å². The minimum atomic E-state index is -3.58.